The summed E-state index contributed by atoms with van der Waals surface area (Å²) in [4.78, 5) is 11.3. The zero-order chi connectivity index (χ0) is 14.1. The normalized spacial score (nSPS) is 14.7. The summed E-state index contributed by atoms with van der Waals surface area (Å²) < 4.78 is 9.29. The van der Waals surface area contributed by atoms with Gasteiger partial charge < -0.3 is 24.8 Å². The molecule has 0 saturated carbocycles. The highest BCUT2D eigenvalue weighted by molar-refractivity contribution is 5.74. The lowest BCUT2D eigenvalue weighted by molar-refractivity contribution is -0.160. The largest absolute Gasteiger partial charge is 0.504 e. The van der Waals surface area contributed by atoms with Gasteiger partial charge in [0.2, 0.25) is 0 Å². The molecule has 0 aromatic carbocycles. The van der Waals surface area contributed by atoms with Crippen molar-refractivity contribution in [1.82, 2.24) is 0 Å². The van der Waals surface area contributed by atoms with E-state index in [1.165, 1.54) is 13.2 Å². The summed E-state index contributed by atoms with van der Waals surface area (Å²) in [5.41, 5.74) is 0.560. The van der Waals surface area contributed by atoms with Crippen LogP contribution in [0.3, 0.4) is 0 Å². The van der Waals surface area contributed by atoms with Gasteiger partial charge in [-0.05, 0) is 19.1 Å². The first-order valence-corrected chi connectivity index (χ1v) is 5.18. The third kappa shape index (κ3) is 5.51. The van der Waals surface area contributed by atoms with E-state index in [4.69, 9.17) is 9.84 Å². The SMILES string of the molecule is C=C/C(O)=C(O)\C=C(/C)C[C@@H](OCO)C(=O)OC. The second-order valence-electron chi connectivity index (χ2n) is 3.48. The Morgan fingerprint density at radius 2 is 2.00 bits per heavy atom. The standard InChI is InChI=1S/C12H18O6/c1-4-9(14)10(15)5-8(2)6-11(18-7-13)12(16)17-3/h4-5,11,13-15H,1,6-7H2,2-3H3/b8-5+,10-9-/t11-/m1/s1. The third-order valence-corrected chi connectivity index (χ3v) is 2.09. The van der Waals surface area contributed by atoms with E-state index in [1.807, 2.05) is 0 Å². The van der Waals surface area contributed by atoms with Crippen molar-refractivity contribution in [3.63, 3.8) is 0 Å². The molecule has 0 aliphatic carbocycles. The van der Waals surface area contributed by atoms with E-state index in [2.05, 4.69) is 11.3 Å². The average Bonchev–Trinajstić information content (AvgIpc) is 2.35. The third-order valence-electron chi connectivity index (χ3n) is 2.09. The maximum Gasteiger partial charge on any atom is 0.335 e. The minimum atomic E-state index is -0.963. The fourth-order valence-corrected chi connectivity index (χ4v) is 1.19. The maximum absolute atomic E-state index is 11.3. The second kappa shape index (κ2) is 8.32. The van der Waals surface area contributed by atoms with E-state index in [1.54, 1.807) is 6.92 Å². The topological polar surface area (TPSA) is 96.2 Å². The van der Waals surface area contributed by atoms with Crippen molar-refractivity contribution in [3.05, 3.63) is 35.8 Å². The van der Waals surface area contributed by atoms with Gasteiger partial charge in [-0.25, -0.2) is 4.79 Å². The number of ether oxygens (including phenoxy) is 2. The van der Waals surface area contributed by atoms with Gasteiger partial charge in [0.15, 0.2) is 17.6 Å². The van der Waals surface area contributed by atoms with Crippen LogP contribution in [0.15, 0.2) is 35.8 Å². The first-order valence-electron chi connectivity index (χ1n) is 5.18. The van der Waals surface area contributed by atoms with Crippen LogP contribution in [0.2, 0.25) is 0 Å². The van der Waals surface area contributed by atoms with Crippen molar-refractivity contribution in [2.75, 3.05) is 13.9 Å². The van der Waals surface area contributed by atoms with Gasteiger partial charge in [0.05, 0.1) is 7.11 Å². The molecule has 0 aromatic rings. The molecule has 18 heavy (non-hydrogen) atoms. The Bertz CT molecular complexity index is 356. The number of hydrogen-bond acceptors (Lipinski definition) is 6. The average molecular weight is 258 g/mol. The van der Waals surface area contributed by atoms with Crippen LogP contribution in [0.5, 0.6) is 0 Å². The number of carbonyl (C=O) groups excluding carboxylic acids is 1. The molecule has 0 aliphatic heterocycles. The molecule has 1 atom stereocenters. The number of hydrogen-bond donors (Lipinski definition) is 3. The summed E-state index contributed by atoms with van der Waals surface area (Å²) in [5, 5.41) is 27.2. The molecule has 0 unspecified atom stereocenters. The van der Waals surface area contributed by atoms with Crippen LogP contribution in [-0.2, 0) is 14.3 Å². The fourth-order valence-electron chi connectivity index (χ4n) is 1.19. The molecule has 0 aliphatic rings. The molecular weight excluding hydrogens is 240 g/mol. The highest BCUT2D eigenvalue weighted by atomic mass is 16.6. The minimum absolute atomic E-state index is 0.113. The van der Waals surface area contributed by atoms with Crippen LogP contribution >= 0.6 is 0 Å². The first-order chi connectivity index (χ1) is 8.46. The Morgan fingerprint density at radius 3 is 2.44 bits per heavy atom. The quantitative estimate of drug-likeness (QED) is 0.276. The molecule has 0 radical (unpaired) electrons. The van der Waals surface area contributed by atoms with Gasteiger partial charge in [-0.2, -0.15) is 0 Å². The minimum Gasteiger partial charge on any atom is -0.504 e. The summed E-state index contributed by atoms with van der Waals surface area (Å²) in [7, 11) is 1.20. The number of aliphatic hydroxyl groups is 3. The molecule has 0 fully saturated rings. The number of methoxy groups -OCH3 is 1. The molecule has 0 heterocycles. The maximum atomic E-state index is 11.3. The zero-order valence-corrected chi connectivity index (χ0v) is 10.4. The summed E-state index contributed by atoms with van der Waals surface area (Å²) in [6, 6.07) is 0. The predicted molar refractivity (Wildman–Crippen MR) is 64.8 cm³/mol. The molecule has 0 rings (SSSR count). The molecule has 0 spiro atoms. The van der Waals surface area contributed by atoms with Gasteiger partial charge in [0.1, 0.15) is 6.79 Å². The molecule has 102 valence electrons. The number of carbonyl (C=O) groups is 1. The van der Waals surface area contributed by atoms with Crippen LogP contribution in [0.25, 0.3) is 0 Å². The number of aliphatic hydroxyl groups excluding tert-OH is 3. The molecule has 3 N–H and O–H groups in total. The number of allylic oxidation sites excluding steroid dienone is 2. The number of esters is 1. The molecule has 0 bridgehead atoms. The van der Waals surface area contributed by atoms with E-state index < -0.39 is 18.9 Å². The van der Waals surface area contributed by atoms with Gasteiger partial charge in [0.25, 0.3) is 0 Å². The molecule has 0 amide bonds. The second-order valence-corrected chi connectivity index (χ2v) is 3.48. The summed E-state index contributed by atoms with van der Waals surface area (Å²) in [6.45, 7) is 4.30. The van der Waals surface area contributed by atoms with Crippen LogP contribution in [0.1, 0.15) is 13.3 Å². The lowest BCUT2D eigenvalue weighted by Gasteiger charge is -2.14. The van der Waals surface area contributed by atoms with Crippen molar-refractivity contribution < 1.29 is 29.6 Å². The Hall–Kier alpha value is -1.79. The summed E-state index contributed by atoms with van der Waals surface area (Å²) >= 11 is 0. The van der Waals surface area contributed by atoms with Crippen molar-refractivity contribution in [3.8, 4) is 0 Å². The summed E-state index contributed by atoms with van der Waals surface area (Å²) in [6.07, 6.45) is 1.51. The molecule has 6 heteroatoms. The van der Waals surface area contributed by atoms with Crippen LogP contribution in [-0.4, -0.2) is 41.3 Å². The zero-order valence-electron chi connectivity index (χ0n) is 10.4. The molecular formula is C12H18O6. The van der Waals surface area contributed by atoms with E-state index in [0.29, 0.717) is 5.57 Å². The lowest BCUT2D eigenvalue weighted by Crippen LogP contribution is -2.26. The van der Waals surface area contributed by atoms with Gasteiger partial charge >= 0.3 is 5.97 Å². The Morgan fingerprint density at radius 1 is 1.39 bits per heavy atom. The molecule has 0 saturated heterocycles. The van der Waals surface area contributed by atoms with Crippen molar-refractivity contribution in [1.29, 1.82) is 0 Å². The highest BCUT2D eigenvalue weighted by Gasteiger charge is 2.20. The van der Waals surface area contributed by atoms with Gasteiger partial charge in [-0.1, -0.05) is 12.2 Å². The first kappa shape index (κ1) is 16.2. The van der Waals surface area contributed by atoms with Crippen LogP contribution in [0.4, 0.5) is 0 Å². The van der Waals surface area contributed by atoms with Crippen LogP contribution < -0.4 is 0 Å². The lowest BCUT2D eigenvalue weighted by atomic mass is 10.1. The summed E-state index contributed by atoms with van der Waals surface area (Å²) in [5.74, 6) is -1.37. The van der Waals surface area contributed by atoms with Gasteiger partial charge in [0, 0.05) is 6.42 Å². The molecule has 0 aromatic heterocycles. The smallest absolute Gasteiger partial charge is 0.335 e. The monoisotopic (exact) mass is 258 g/mol. The van der Waals surface area contributed by atoms with E-state index >= 15 is 0 Å². The predicted octanol–water partition coefficient (Wildman–Crippen LogP) is 1.34. The highest BCUT2D eigenvalue weighted by Crippen LogP contribution is 2.13. The van der Waals surface area contributed by atoms with Gasteiger partial charge in [-0.3, -0.25) is 0 Å². The van der Waals surface area contributed by atoms with E-state index in [0.717, 1.165) is 6.08 Å². The van der Waals surface area contributed by atoms with E-state index in [-0.39, 0.29) is 17.9 Å². The fraction of sp³-hybridized carbons (Fsp3) is 0.417. The van der Waals surface area contributed by atoms with E-state index in [9.17, 15) is 15.0 Å². The van der Waals surface area contributed by atoms with Gasteiger partial charge in [-0.15, -0.1) is 0 Å². The Balaban J connectivity index is 4.79. The van der Waals surface area contributed by atoms with Crippen LogP contribution in [0, 0.1) is 0 Å². The Labute approximate surface area is 105 Å². The molecule has 6 nitrogen and oxygen atoms in total. The van der Waals surface area contributed by atoms with Crippen molar-refractivity contribution in [2.24, 2.45) is 0 Å². The number of rotatable bonds is 7. The van der Waals surface area contributed by atoms with Crippen molar-refractivity contribution >= 4 is 5.97 Å². The van der Waals surface area contributed by atoms with Crippen molar-refractivity contribution in [2.45, 2.75) is 19.4 Å². The Kier molecular flexibility index (Phi) is 7.50.